The molecule has 2 aromatic rings. The molecule has 6 heteroatoms. The molecule has 0 bridgehead atoms. The van der Waals surface area contributed by atoms with E-state index < -0.39 is 0 Å². The number of aryl methyl sites for hydroxylation is 1. The van der Waals surface area contributed by atoms with E-state index in [0.29, 0.717) is 5.75 Å². The van der Waals surface area contributed by atoms with Crippen LogP contribution in [-0.4, -0.2) is 43.3 Å². The minimum absolute atomic E-state index is 0.294. The molecule has 144 valence electrons. The number of hydrogen-bond donors (Lipinski definition) is 2. The first-order valence-electron chi connectivity index (χ1n) is 9.40. The van der Waals surface area contributed by atoms with Crippen LogP contribution in [-0.2, 0) is 13.0 Å². The van der Waals surface area contributed by atoms with Crippen molar-refractivity contribution in [2.24, 2.45) is 0 Å². The summed E-state index contributed by atoms with van der Waals surface area (Å²) in [6.45, 7) is 6.71. The molecule has 1 fully saturated rings. The van der Waals surface area contributed by atoms with Gasteiger partial charge in [-0.15, -0.1) is 0 Å². The fraction of sp³-hybridized carbons (Fsp3) is 0.381. The van der Waals surface area contributed by atoms with Gasteiger partial charge in [0.2, 0.25) is 0 Å². The molecule has 0 radical (unpaired) electrons. The quantitative estimate of drug-likeness (QED) is 0.770. The average Bonchev–Trinajstić information content (AvgIpc) is 2.69. The second-order valence-corrected chi connectivity index (χ2v) is 7.21. The van der Waals surface area contributed by atoms with Crippen LogP contribution in [0.4, 0.5) is 10.1 Å². The summed E-state index contributed by atoms with van der Waals surface area (Å²) in [5, 5.41) is 4.18. The van der Waals surface area contributed by atoms with Crippen LogP contribution in [0.2, 0.25) is 0 Å². The molecular formula is C21H27FN3OS+. The number of halogens is 1. The predicted octanol–water partition coefficient (Wildman–Crippen LogP) is 2.49. The number of anilines is 1. The van der Waals surface area contributed by atoms with Crippen molar-refractivity contribution < 1.29 is 14.0 Å². The van der Waals surface area contributed by atoms with Gasteiger partial charge >= 0.3 is 0 Å². The number of para-hydroxylation sites is 1. The first-order chi connectivity index (χ1) is 13.1. The minimum atomic E-state index is -0.298. The third-order valence-electron chi connectivity index (χ3n) is 5.07. The Labute approximate surface area is 165 Å². The zero-order chi connectivity index (χ0) is 19.2. The molecule has 3 rings (SSSR count). The Balaban J connectivity index is 1.52. The van der Waals surface area contributed by atoms with Gasteiger partial charge in [0.05, 0.1) is 33.3 Å². The highest BCUT2D eigenvalue weighted by molar-refractivity contribution is 7.80. The van der Waals surface area contributed by atoms with Crippen molar-refractivity contribution in [2.45, 2.75) is 19.9 Å². The number of hydrogen-bond acceptors (Lipinski definition) is 2. The summed E-state index contributed by atoms with van der Waals surface area (Å²) in [5.41, 5.74) is 3.36. The summed E-state index contributed by atoms with van der Waals surface area (Å²) in [7, 11) is 1.48. The van der Waals surface area contributed by atoms with Gasteiger partial charge in [-0.1, -0.05) is 25.1 Å². The van der Waals surface area contributed by atoms with E-state index in [-0.39, 0.29) is 5.82 Å². The van der Waals surface area contributed by atoms with Gasteiger partial charge in [-0.3, -0.25) is 0 Å². The van der Waals surface area contributed by atoms with Gasteiger partial charge in [0.25, 0.3) is 0 Å². The summed E-state index contributed by atoms with van der Waals surface area (Å²) in [5.74, 6) is -0.00430. The lowest BCUT2D eigenvalue weighted by molar-refractivity contribution is -0.917. The molecule has 4 nitrogen and oxygen atoms in total. The second-order valence-electron chi connectivity index (χ2n) is 6.82. The van der Waals surface area contributed by atoms with Crippen molar-refractivity contribution in [3.63, 3.8) is 0 Å². The van der Waals surface area contributed by atoms with Crippen LogP contribution in [0.5, 0.6) is 5.75 Å². The smallest absolute Gasteiger partial charge is 0.173 e. The van der Waals surface area contributed by atoms with Gasteiger partial charge in [0, 0.05) is 11.3 Å². The first-order valence-corrected chi connectivity index (χ1v) is 9.81. The van der Waals surface area contributed by atoms with Crippen molar-refractivity contribution in [2.75, 3.05) is 38.6 Å². The SMILES string of the molecule is CCc1ccccc1NC(=S)N1CC[NH+](Cc2ccc(OC)c(F)c2)CC1. The number of nitrogens with one attached hydrogen (secondary N) is 2. The van der Waals surface area contributed by atoms with Crippen molar-refractivity contribution in [3.8, 4) is 5.75 Å². The molecule has 1 aliphatic rings. The summed E-state index contributed by atoms with van der Waals surface area (Å²) < 4.78 is 18.9. The summed E-state index contributed by atoms with van der Waals surface area (Å²) in [6.07, 6.45) is 0.974. The van der Waals surface area contributed by atoms with Crippen molar-refractivity contribution in [3.05, 3.63) is 59.4 Å². The molecule has 0 saturated carbocycles. The van der Waals surface area contributed by atoms with Gasteiger partial charge in [-0.2, -0.15) is 0 Å². The molecule has 0 atom stereocenters. The Morgan fingerprint density at radius 2 is 1.96 bits per heavy atom. The molecule has 0 spiro atoms. The Bertz CT molecular complexity index is 791. The standard InChI is InChI=1S/C21H26FN3OS/c1-3-17-6-4-5-7-19(17)23-21(27)25-12-10-24(11-13-25)15-16-8-9-20(26-2)18(22)14-16/h4-9,14H,3,10-13,15H2,1-2H3,(H,23,27)/p+1. The average molecular weight is 389 g/mol. The summed E-state index contributed by atoms with van der Waals surface area (Å²) >= 11 is 5.62. The lowest BCUT2D eigenvalue weighted by Crippen LogP contribution is -3.13. The lowest BCUT2D eigenvalue weighted by Gasteiger charge is -2.34. The molecule has 0 amide bonds. The Kier molecular flexibility index (Phi) is 6.63. The van der Waals surface area contributed by atoms with Gasteiger partial charge < -0.3 is 19.9 Å². The van der Waals surface area contributed by atoms with E-state index in [1.807, 2.05) is 12.1 Å². The van der Waals surface area contributed by atoms with E-state index in [1.165, 1.54) is 17.6 Å². The monoisotopic (exact) mass is 388 g/mol. The molecule has 1 heterocycles. The lowest BCUT2D eigenvalue weighted by atomic mass is 10.1. The van der Waals surface area contributed by atoms with Crippen LogP contribution < -0.4 is 15.0 Å². The number of quaternary nitrogens is 1. The van der Waals surface area contributed by atoms with Crippen LogP contribution in [0.1, 0.15) is 18.1 Å². The number of methoxy groups -OCH3 is 1. The molecule has 2 N–H and O–H groups in total. The van der Waals surface area contributed by atoms with Gasteiger partial charge in [0.1, 0.15) is 6.54 Å². The van der Waals surface area contributed by atoms with Crippen LogP contribution >= 0.6 is 12.2 Å². The minimum Gasteiger partial charge on any atom is -0.494 e. The molecule has 27 heavy (non-hydrogen) atoms. The summed E-state index contributed by atoms with van der Waals surface area (Å²) in [6, 6.07) is 13.5. The third kappa shape index (κ3) is 4.96. The van der Waals surface area contributed by atoms with Crippen molar-refractivity contribution >= 4 is 23.0 Å². The van der Waals surface area contributed by atoms with E-state index in [4.69, 9.17) is 17.0 Å². The maximum atomic E-state index is 13.9. The number of thiocarbonyl (C=S) groups is 1. The highest BCUT2D eigenvalue weighted by Crippen LogP contribution is 2.18. The van der Waals surface area contributed by atoms with E-state index in [0.717, 1.165) is 55.5 Å². The summed E-state index contributed by atoms with van der Waals surface area (Å²) in [4.78, 5) is 3.66. The molecule has 1 saturated heterocycles. The van der Waals surface area contributed by atoms with E-state index in [9.17, 15) is 4.39 Å². The molecule has 2 aromatic carbocycles. The fourth-order valence-corrected chi connectivity index (χ4v) is 3.75. The zero-order valence-electron chi connectivity index (χ0n) is 15.9. The number of piperazine rings is 1. The van der Waals surface area contributed by atoms with Crippen LogP contribution in [0.25, 0.3) is 0 Å². The van der Waals surface area contributed by atoms with E-state index >= 15 is 0 Å². The molecule has 1 aliphatic heterocycles. The number of ether oxygens (including phenoxy) is 1. The largest absolute Gasteiger partial charge is 0.494 e. The van der Waals surface area contributed by atoms with Gasteiger partial charge in [0.15, 0.2) is 16.7 Å². The number of benzene rings is 2. The van der Waals surface area contributed by atoms with Crippen LogP contribution in [0, 0.1) is 5.82 Å². The number of rotatable bonds is 5. The van der Waals surface area contributed by atoms with Gasteiger partial charge in [-0.05, 0) is 48.5 Å². The molecular weight excluding hydrogens is 361 g/mol. The van der Waals surface area contributed by atoms with Crippen LogP contribution in [0.15, 0.2) is 42.5 Å². The highest BCUT2D eigenvalue weighted by Gasteiger charge is 2.22. The molecule has 0 unspecified atom stereocenters. The predicted molar refractivity (Wildman–Crippen MR) is 111 cm³/mol. The second kappa shape index (κ2) is 9.15. The van der Waals surface area contributed by atoms with Gasteiger partial charge in [-0.25, -0.2) is 4.39 Å². The van der Waals surface area contributed by atoms with Crippen LogP contribution in [0.3, 0.4) is 0 Å². The maximum Gasteiger partial charge on any atom is 0.173 e. The topological polar surface area (TPSA) is 28.9 Å². The zero-order valence-corrected chi connectivity index (χ0v) is 16.7. The Morgan fingerprint density at radius 3 is 2.63 bits per heavy atom. The van der Waals surface area contributed by atoms with Crippen molar-refractivity contribution in [1.82, 2.24) is 4.90 Å². The third-order valence-corrected chi connectivity index (χ3v) is 5.43. The highest BCUT2D eigenvalue weighted by atomic mass is 32.1. The Morgan fingerprint density at radius 1 is 1.22 bits per heavy atom. The van der Waals surface area contributed by atoms with E-state index in [1.54, 1.807) is 12.1 Å². The van der Waals surface area contributed by atoms with Crippen molar-refractivity contribution in [1.29, 1.82) is 0 Å². The maximum absolute atomic E-state index is 13.9. The first kappa shape index (κ1) is 19.6. The fourth-order valence-electron chi connectivity index (χ4n) is 3.46. The van der Waals surface area contributed by atoms with E-state index in [2.05, 4.69) is 35.3 Å². The number of nitrogens with zero attached hydrogens (tertiary/aromatic N) is 1. The Hall–Kier alpha value is -2.18. The molecule has 0 aromatic heterocycles. The normalized spacial score (nSPS) is 14.9. The molecule has 0 aliphatic carbocycles.